The normalized spacial score (nSPS) is 12.3. The van der Waals surface area contributed by atoms with Crippen molar-refractivity contribution in [3.05, 3.63) is 69.6 Å². The van der Waals surface area contributed by atoms with Crippen molar-refractivity contribution < 1.29 is 4.79 Å². The first-order chi connectivity index (χ1) is 12.0. The first kappa shape index (κ1) is 17.7. The van der Waals surface area contributed by atoms with E-state index < -0.39 is 0 Å². The number of likely N-dealkylation sites (N-methyl/N-ethyl adjacent to an activating group) is 1. The Balaban J connectivity index is 1.66. The average molecular weight is 375 g/mol. The Labute approximate surface area is 155 Å². The molecular weight excluding hydrogens is 356 g/mol. The van der Waals surface area contributed by atoms with Crippen LogP contribution in [0.2, 0.25) is 5.02 Å². The van der Waals surface area contributed by atoms with Gasteiger partial charge < -0.3 is 10.2 Å². The van der Waals surface area contributed by atoms with E-state index in [0.29, 0.717) is 17.1 Å². The molecule has 2 aromatic heterocycles. The van der Waals surface area contributed by atoms with E-state index in [4.69, 9.17) is 11.6 Å². The highest BCUT2D eigenvalue weighted by atomic mass is 35.5. The summed E-state index contributed by atoms with van der Waals surface area (Å²) in [6.45, 7) is 0.540. The Bertz CT molecular complexity index is 827. The molecule has 0 saturated carbocycles. The number of amides is 1. The van der Waals surface area contributed by atoms with Gasteiger partial charge in [0, 0.05) is 22.6 Å². The number of nitrogens with zero attached hydrogens (tertiary/aromatic N) is 3. The maximum Gasteiger partial charge on any atom is 0.254 e. The molecule has 130 valence electrons. The van der Waals surface area contributed by atoms with Crippen LogP contribution in [-0.4, -0.2) is 41.2 Å². The van der Waals surface area contributed by atoms with Crippen molar-refractivity contribution in [2.75, 3.05) is 20.6 Å². The van der Waals surface area contributed by atoms with Gasteiger partial charge in [-0.2, -0.15) is 5.10 Å². The number of nitrogens with one attached hydrogen (secondary N) is 1. The van der Waals surface area contributed by atoms with Crippen LogP contribution in [0.15, 0.2) is 54.2 Å². The average Bonchev–Trinajstić information content (AvgIpc) is 3.27. The van der Waals surface area contributed by atoms with Crippen molar-refractivity contribution in [1.29, 1.82) is 0 Å². The van der Waals surface area contributed by atoms with Crippen molar-refractivity contribution in [3.8, 4) is 5.69 Å². The second-order valence-corrected chi connectivity index (χ2v) is 7.27. The molecule has 2 heterocycles. The molecule has 3 rings (SSSR count). The summed E-state index contributed by atoms with van der Waals surface area (Å²) in [4.78, 5) is 15.8. The zero-order chi connectivity index (χ0) is 17.8. The van der Waals surface area contributed by atoms with Crippen LogP contribution in [0.4, 0.5) is 0 Å². The largest absolute Gasteiger partial charge is 0.350 e. The lowest BCUT2D eigenvalue weighted by Crippen LogP contribution is -2.34. The molecule has 0 bridgehead atoms. The third kappa shape index (κ3) is 4.28. The van der Waals surface area contributed by atoms with Gasteiger partial charge in [0.25, 0.3) is 5.91 Å². The van der Waals surface area contributed by atoms with Crippen LogP contribution in [0.1, 0.15) is 21.3 Å². The number of halogens is 1. The van der Waals surface area contributed by atoms with Gasteiger partial charge in [0.2, 0.25) is 0 Å². The minimum atomic E-state index is -0.136. The molecule has 1 atom stereocenters. The summed E-state index contributed by atoms with van der Waals surface area (Å²) in [5.74, 6) is -0.136. The van der Waals surface area contributed by atoms with Gasteiger partial charge in [-0.3, -0.25) is 4.79 Å². The highest BCUT2D eigenvalue weighted by Gasteiger charge is 2.17. The van der Waals surface area contributed by atoms with E-state index in [1.54, 1.807) is 40.5 Å². The van der Waals surface area contributed by atoms with Crippen LogP contribution in [0, 0.1) is 0 Å². The van der Waals surface area contributed by atoms with E-state index in [1.165, 1.54) is 4.88 Å². The molecule has 0 fully saturated rings. The number of carbonyl (C=O) groups is 1. The van der Waals surface area contributed by atoms with Crippen LogP contribution in [-0.2, 0) is 0 Å². The summed E-state index contributed by atoms with van der Waals surface area (Å²) in [7, 11) is 4.02. The first-order valence-corrected chi connectivity index (χ1v) is 9.09. The smallest absolute Gasteiger partial charge is 0.254 e. The highest BCUT2D eigenvalue weighted by molar-refractivity contribution is 7.10. The van der Waals surface area contributed by atoms with Crippen molar-refractivity contribution >= 4 is 28.8 Å². The summed E-state index contributed by atoms with van der Waals surface area (Å²) in [5, 5.41) is 9.96. The van der Waals surface area contributed by atoms with E-state index in [0.717, 1.165) is 5.69 Å². The lowest BCUT2D eigenvalue weighted by atomic mass is 10.2. The Morgan fingerprint density at radius 3 is 2.72 bits per heavy atom. The van der Waals surface area contributed by atoms with E-state index in [1.807, 2.05) is 37.7 Å². The summed E-state index contributed by atoms with van der Waals surface area (Å²) in [6, 6.07) is 11.6. The molecule has 7 heteroatoms. The van der Waals surface area contributed by atoms with Gasteiger partial charge >= 0.3 is 0 Å². The molecule has 1 amide bonds. The van der Waals surface area contributed by atoms with Gasteiger partial charge in [-0.25, -0.2) is 4.68 Å². The predicted octanol–water partition coefficient (Wildman–Crippen LogP) is 3.62. The Kier molecular flexibility index (Phi) is 5.53. The summed E-state index contributed by atoms with van der Waals surface area (Å²) < 4.78 is 1.66. The quantitative estimate of drug-likeness (QED) is 0.717. The lowest BCUT2D eigenvalue weighted by molar-refractivity contribution is 0.0942. The molecule has 0 radical (unpaired) electrons. The van der Waals surface area contributed by atoms with Gasteiger partial charge in [0.15, 0.2) is 0 Å². The zero-order valence-electron chi connectivity index (χ0n) is 14.0. The lowest BCUT2D eigenvalue weighted by Gasteiger charge is -2.23. The number of aromatic nitrogens is 2. The number of benzene rings is 1. The topological polar surface area (TPSA) is 50.2 Å². The number of hydrogen-bond acceptors (Lipinski definition) is 4. The van der Waals surface area contributed by atoms with Gasteiger partial charge in [-0.1, -0.05) is 17.7 Å². The molecule has 1 aromatic carbocycles. The van der Waals surface area contributed by atoms with Crippen molar-refractivity contribution in [2.24, 2.45) is 0 Å². The molecule has 5 nitrogen and oxygen atoms in total. The minimum Gasteiger partial charge on any atom is -0.350 e. The fourth-order valence-electron chi connectivity index (χ4n) is 2.49. The Morgan fingerprint density at radius 1 is 1.32 bits per heavy atom. The molecule has 0 aliphatic rings. The monoisotopic (exact) mass is 374 g/mol. The summed E-state index contributed by atoms with van der Waals surface area (Å²) in [6.07, 6.45) is 3.29. The molecule has 1 unspecified atom stereocenters. The van der Waals surface area contributed by atoms with Crippen LogP contribution in [0.5, 0.6) is 0 Å². The number of thiophene rings is 1. The molecule has 25 heavy (non-hydrogen) atoms. The van der Waals surface area contributed by atoms with Gasteiger partial charge in [0.1, 0.15) is 0 Å². The predicted molar refractivity (Wildman–Crippen MR) is 102 cm³/mol. The third-order valence-corrected chi connectivity index (χ3v) is 5.11. The minimum absolute atomic E-state index is 0.136. The van der Waals surface area contributed by atoms with E-state index in [9.17, 15) is 4.79 Å². The van der Waals surface area contributed by atoms with Gasteiger partial charge in [-0.05, 0) is 49.8 Å². The standard InChI is InChI=1S/C18H19ClN4OS/c1-22(2)16(17-4-3-9-25-17)11-20-18(24)13-10-21-23(12-13)15-7-5-14(19)6-8-15/h3-10,12,16H,11H2,1-2H3,(H,20,24). The van der Waals surface area contributed by atoms with E-state index >= 15 is 0 Å². The van der Waals surface area contributed by atoms with Crippen molar-refractivity contribution in [2.45, 2.75) is 6.04 Å². The maximum atomic E-state index is 12.4. The Hall–Kier alpha value is -2.15. The zero-order valence-corrected chi connectivity index (χ0v) is 15.6. The number of rotatable bonds is 6. The molecule has 0 aliphatic heterocycles. The van der Waals surface area contributed by atoms with Crippen LogP contribution >= 0.6 is 22.9 Å². The molecular formula is C18H19ClN4OS. The molecule has 1 N–H and O–H groups in total. The fourth-order valence-corrected chi connectivity index (χ4v) is 3.53. The fraction of sp³-hybridized carbons (Fsp3) is 0.222. The molecule has 0 saturated heterocycles. The number of hydrogen-bond donors (Lipinski definition) is 1. The Morgan fingerprint density at radius 2 is 2.08 bits per heavy atom. The van der Waals surface area contributed by atoms with Gasteiger partial charge in [-0.15, -0.1) is 11.3 Å². The number of carbonyl (C=O) groups excluding carboxylic acids is 1. The maximum absolute atomic E-state index is 12.4. The first-order valence-electron chi connectivity index (χ1n) is 7.83. The summed E-state index contributed by atoms with van der Waals surface area (Å²) in [5.41, 5.74) is 1.38. The van der Waals surface area contributed by atoms with Crippen LogP contribution < -0.4 is 5.32 Å². The second-order valence-electron chi connectivity index (χ2n) is 5.85. The second kappa shape index (κ2) is 7.82. The van der Waals surface area contributed by atoms with Crippen LogP contribution in [0.25, 0.3) is 5.69 Å². The van der Waals surface area contributed by atoms with E-state index in [-0.39, 0.29) is 11.9 Å². The van der Waals surface area contributed by atoms with E-state index in [2.05, 4.69) is 21.4 Å². The van der Waals surface area contributed by atoms with Gasteiger partial charge in [0.05, 0.1) is 23.5 Å². The van der Waals surface area contributed by atoms with Crippen LogP contribution in [0.3, 0.4) is 0 Å². The van der Waals surface area contributed by atoms with Crippen molar-refractivity contribution in [1.82, 2.24) is 20.0 Å². The molecule has 0 spiro atoms. The third-order valence-electron chi connectivity index (χ3n) is 3.89. The molecule has 3 aromatic rings. The van der Waals surface area contributed by atoms with Crippen molar-refractivity contribution in [3.63, 3.8) is 0 Å². The summed E-state index contributed by atoms with van der Waals surface area (Å²) >= 11 is 7.59. The highest BCUT2D eigenvalue weighted by Crippen LogP contribution is 2.22. The SMILES string of the molecule is CN(C)C(CNC(=O)c1cnn(-c2ccc(Cl)cc2)c1)c1cccs1. The molecule has 0 aliphatic carbocycles.